The number of aryl methyl sites for hydroxylation is 1. The molecule has 0 unspecified atom stereocenters. The molecule has 3 aromatic carbocycles. The molecule has 0 aliphatic carbocycles. The quantitative estimate of drug-likeness (QED) is 0.321. The number of anilines is 1. The topological polar surface area (TPSA) is 62.1 Å². The van der Waals surface area contributed by atoms with Crippen LogP contribution in [0.2, 0.25) is 5.02 Å². The van der Waals surface area contributed by atoms with Gasteiger partial charge in [-0.15, -0.1) is 0 Å². The van der Waals surface area contributed by atoms with Gasteiger partial charge in [-0.1, -0.05) is 63.9 Å². The number of ether oxygens (including phenoxy) is 1. The molecule has 0 saturated heterocycles. The number of hydrogen-bond donors (Lipinski definition) is 1. The van der Waals surface area contributed by atoms with E-state index in [1.165, 1.54) is 6.08 Å². The van der Waals surface area contributed by atoms with Crippen molar-refractivity contribution in [2.75, 3.05) is 5.32 Å². The highest BCUT2D eigenvalue weighted by Crippen LogP contribution is 2.27. The molecule has 0 aromatic heterocycles. The Morgan fingerprint density at radius 3 is 2.67 bits per heavy atom. The summed E-state index contributed by atoms with van der Waals surface area (Å²) in [5.74, 6) is 0.0541. The molecule has 3 rings (SSSR count). The van der Waals surface area contributed by atoms with Gasteiger partial charge in [-0.05, 0) is 54.5 Å². The van der Waals surface area contributed by atoms with Crippen LogP contribution in [0, 0.1) is 18.3 Å². The molecule has 0 aliphatic heterocycles. The van der Waals surface area contributed by atoms with E-state index in [-0.39, 0.29) is 5.57 Å². The van der Waals surface area contributed by atoms with E-state index in [0.717, 1.165) is 15.6 Å². The summed E-state index contributed by atoms with van der Waals surface area (Å²) in [6, 6.07) is 22.4. The first-order valence-corrected chi connectivity index (χ1v) is 10.3. The van der Waals surface area contributed by atoms with E-state index < -0.39 is 5.91 Å². The molecule has 0 aliphatic rings. The lowest BCUT2D eigenvalue weighted by molar-refractivity contribution is -0.112. The summed E-state index contributed by atoms with van der Waals surface area (Å²) in [6.07, 6.45) is 1.51. The summed E-state index contributed by atoms with van der Waals surface area (Å²) in [5, 5.41) is 12.8. The van der Waals surface area contributed by atoms with Gasteiger partial charge in [0.25, 0.3) is 5.91 Å². The Morgan fingerprint density at radius 1 is 1.17 bits per heavy atom. The zero-order valence-corrected chi connectivity index (χ0v) is 18.5. The van der Waals surface area contributed by atoms with Crippen LogP contribution in [0.5, 0.6) is 5.75 Å². The van der Waals surface area contributed by atoms with Crippen molar-refractivity contribution in [1.29, 1.82) is 5.26 Å². The maximum atomic E-state index is 12.7. The second-order valence-electron chi connectivity index (χ2n) is 6.54. The van der Waals surface area contributed by atoms with Crippen LogP contribution < -0.4 is 10.1 Å². The average Bonchev–Trinajstić information content (AvgIpc) is 2.74. The Balaban J connectivity index is 1.85. The van der Waals surface area contributed by atoms with Gasteiger partial charge in [-0.2, -0.15) is 5.26 Å². The Bertz CT molecular complexity index is 1140. The maximum Gasteiger partial charge on any atom is 0.266 e. The molecule has 3 aromatic rings. The van der Waals surface area contributed by atoms with Gasteiger partial charge in [0.15, 0.2) is 0 Å². The summed E-state index contributed by atoms with van der Waals surface area (Å²) in [5.41, 5.74) is 3.00. The number of halogens is 2. The van der Waals surface area contributed by atoms with Crippen molar-refractivity contribution in [1.82, 2.24) is 0 Å². The van der Waals surface area contributed by atoms with Crippen LogP contribution in [0.4, 0.5) is 5.69 Å². The SMILES string of the molecule is Cc1ccc(Cl)cc1NC(=O)/C(C#N)=C/c1cc(Br)ccc1OCc1ccccc1. The fourth-order valence-electron chi connectivity index (χ4n) is 2.72. The number of amides is 1. The number of carbonyl (C=O) groups excluding carboxylic acids is 1. The molecule has 4 nitrogen and oxygen atoms in total. The molecule has 0 bridgehead atoms. The number of carbonyl (C=O) groups is 1. The van der Waals surface area contributed by atoms with E-state index in [4.69, 9.17) is 16.3 Å². The number of nitriles is 1. The lowest BCUT2D eigenvalue weighted by Gasteiger charge is -2.11. The molecule has 6 heteroatoms. The van der Waals surface area contributed by atoms with E-state index in [0.29, 0.717) is 28.6 Å². The van der Waals surface area contributed by atoms with Crippen LogP contribution >= 0.6 is 27.5 Å². The van der Waals surface area contributed by atoms with Gasteiger partial charge < -0.3 is 10.1 Å². The Morgan fingerprint density at radius 2 is 1.93 bits per heavy atom. The first-order chi connectivity index (χ1) is 14.5. The Labute approximate surface area is 188 Å². The molecule has 30 heavy (non-hydrogen) atoms. The molecule has 0 radical (unpaired) electrons. The number of nitrogens with zero attached hydrogens (tertiary/aromatic N) is 1. The second-order valence-corrected chi connectivity index (χ2v) is 7.89. The standard InChI is InChI=1S/C24H18BrClN2O2/c1-16-7-9-21(26)13-22(16)28-24(29)19(14-27)11-18-12-20(25)8-10-23(18)30-15-17-5-3-2-4-6-17/h2-13H,15H2,1H3,(H,28,29)/b19-11+. The van der Waals surface area contributed by atoms with Crippen molar-refractivity contribution < 1.29 is 9.53 Å². The van der Waals surface area contributed by atoms with Gasteiger partial charge in [-0.3, -0.25) is 4.79 Å². The molecular formula is C24H18BrClN2O2. The molecular weight excluding hydrogens is 464 g/mol. The molecule has 1 amide bonds. The number of benzene rings is 3. The van der Waals surface area contributed by atoms with Gasteiger partial charge in [0.1, 0.15) is 24.0 Å². The number of hydrogen-bond acceptors (Lipinski definition) is 3. The zero-order valence-electron chi connectivity index (χ0n) is 16.2. The average molecular weight is 482 g/mol. The predicted molar refractivity (Wildman–Crippen MR) is 123 cm³/mol. The highest BCUT2D eigenvalue weighted by Gasteiger charge is 2.13. The van der Waals surface area contributed by atoms with Gasteiger partial charge in [0.2, 0.25) is 0 Å². The van der Waals surface area contributed by atoms with Crippen LogP contribution in [-0.4, -0.2) is 5.91 Å². The van der Waals surface area contributed by atoms with Crippen molar-refractivity contribution in [2.24, 2.45) is 0 Å². The molecule has 0 atom stereocenters. The van der Waals surface area contributed by atoms with E-state index in [1.54, 1.807) is 30.3 Å². The van der Waals surface area contributed by atoms with Crippen LogP contribution in [0.3, 0.4) is 0 Å². The van der Waals surface area contributed by atoms with Crippen molar-refractivity contribution in [3.05, 3.63) is 98.5 Å². The summed E-state index contributed by atoms with van der Waals surface area (Å²) < 4.78 is 6.74. The molecule has 1 N–H and O–H groups in total. The fraction of sp³-hybridized carbons (Fsp3) is 0.0833. The van der Waals surface area contributed by atoms with Crippen molar-refractivity contribution in [3.63, 3.8) is 0 Å². The number of nitrogens with one attached hydrogen (secondary N) is 1. The second kappa shape index (κ2) is 10.1. The summed E-state index contributed by atoms with van der Waals surface area (Å²) in [4.78, 5) is 12.7. The van der Waals surface area contributed by atoms with Crippen molar-refractivity contribution >= 4 is 45.2 Å². The first-order valence-electron chi connectivity index (χ1n) is 9.12. The summed E-state index contributed by atoms with van der Waals surface area (Å²) in [6.45, 7) is 2.23. The lowest BCUT2D eigenvalue weighted by Crippen LogP contribution is -2.14. The normalized spacial score (nSPS) is 10.9. The Kier molecular flexibility index (Phi) is 7.29. The first kappa shape index (κ1) is 21.6. The minimum absolute atomic E-state index is 0.0444. The highest BCUT2D eigenvalue weighted by molar-refractivity contribution is 9.10. The van der Waals surface area contributed by atoms with Gasteiger partial charge in [-0.25, -0.2) is 0 Å². The zero-order chi connectivity index (χ0) is 21.5. The summed E-state index contributed by atoms with van der Waals surface area (Å²) >= 11 is 9.44. The Hall–Kier alpha value is -3.07. The third-order valence-corrected chi connectivity index (χ3v) is 5.05. The molecule has 0 heterocycles. The van der Waals surface area contributed by atoms with Crippen molar-refractivity contribution in [3.8, 4) is 11.8 Å². The van der Waals surface area contributed by atoms with E-state index >= 15 is 0 Å². The van der Waals surface area contributed by atoms with Gasteiger partial charge in [0, 0.05) is 20.7 Å². The molecule has 0 spiro atoms. The minimum Gasteiger partial charge on any atom is -0.488 e. The predicted octanol–water partition coefficient (Wildman–Crippen LogP) is 6.54. The monoisotopic (exact) mass is 480 g/mol. The van der Waals surface area contributed by atoms with Crippen LogP contribution in [-0.2, 0) is 11.4 Å². The van der Waals surface area contributed by atoms with Gasteiger partial charge >= 0.3 is 0 Å². The number of rotatable bonds is 6. The van der Waals surface area contributed by atoms with Crippen LogP contribution in [0.25, 0.3) is 6.08 Å². The highest BCUT2D eigenvalue weighted by atomic mass is 79.9. The largest absolute Gasteiger partial charge is 0.488 e. The molecule has 0 saturated carbocycles. The fourth-order valence-corrected chi connectivity index (χ4v) is 3.27. The smallest absolute Gasteiger partial charge is 0.266 e. The van der Waals surface area contributed by atoms with Crippen molar-refractivity contribution in [2.45, 2.75) is 13.5 Å². The van der Waals surface area contributed by atoms with Crippen LogP contribution in [0.15, 0.2) is 76.8 Å². The lowest BCUT2D eigenvalue weighted by atomic mass is 10.1. The third kappa shape index (κ3) is 5.73. The van der Waals surface area contributed by atoms with Gasteiger partial charge in [0.05, 0.1) is 0 Å². The summed E-state index contributed by atoms with van der Waals surface area (Å²) in [7, 11) is 0. The van der Waals surface area contributed by atoms with E-state index in [2.05, 4.69) is 21.2 Å². The molecule has 150 valence electrons. The minimum atomic E-state index is -0.517. The van der Waals surface area contributed by atoms with E-state index in [9.17, 15) is 10.1 Å². The third-order valence-electron chi connectivity index (χ3n) is 4.32. The van der Waals surface area contributed by atoms with E-state index in [1.807, 2.05) is 49.4 Å². The molecule has 0 fully saturated rings. The van der Waals surface area contributed by atoms with Crippen LogP contribution in [0.1, 0.15) is 16.7 Å². The maximum absolute atomic E-state index is 12.7.